The lowest BCUT2D eigenvalue weighted by Gasteiger charge is -2.53. The van der Waals surface area contributed by atoms with Crippen LogP contribution in [0.4, 0.5) is 4.79 Å². The van der Waals surface area contributed by atoms with Gasteiger partial charge in [-0.1, -0.05) is 57.0 Å². The van der Waals surface area contributed by atoms with E-state index in [1.807, 2.05) is 52.0 Å². The second-order valence-electron chi connectivity index (χ2n) is 9.82. The lowest BCUT2D eigenvalue weighted by Crippen LogP contribution is -2.73. The topological polar surface area (TPSA) is 133 Å². The summed E-state index contributed by atoms with van der Waals surface area (Å²) < 4.78 is 6.18. The number of aryl methyl sites for hydroxylation is 1. The molecule has 9 nitrogen and oxygen atoms in total. The molecule has 1 aliphatic heterocycles. The van der Waals surface area contributed by atoms with E-state index in [0.717, 1.165) is 22.4 Å². The quantitative estimate of drug-likeness (QED) is 0.331. The van der Waals surface area contributed by atoms with Gasteiger partial charge in [-0.3, -0.25) is 9.59 Å². The molecule has 0 radical (unpaired) electrons. The van der Waals surface area contributed by atoms with Crippen molar-refractivity contribution in [3.8, 4) is 5.75 Å². The molecule has 1 saturated heterocycles. The molecule has 3 rings (SSSR count). The maximum atomic E-state index is 13.4. The smallest absolute Gasteiger partial charge is 0.335 e. The predicted octanol–water partition coefficient (Wildman–Crippen LogP) is 5.49. The van der Waals surface area contributed by atoms with E-state index in [-0.39, 0.29) is 28.8 Å². The normalized spacial score (nSPS) is 17.8. The number of imide groups is 1. The number of aromatic carboxylic acids is 1. The second-order valence-corrected chi connectivity index (χ2v) is 9.82. The molecular weight excluding hydrogens is 488 g/mol. The first-order valence-electron chi connectivity index (χ1n) is 13.0. The zero-order valence-corrected chi connectivity index (χ0v) is 22.5. The second kappa shape index (κ2) is 11.7. The molecule has 204 valence electrons. The van der Waals surface area contributed by atoms with Crippen LogP contribution in [0.1, 0.15) is 92.4 Å². The van der Waals surface area contributed by atoms with E-state index in [9.17, 15) is 29.4 Å². The van der Waals surface area contributed by atoms with Crippen molar-refractivity contribution in [1.29, 1.82) is 0 Å². The number of β-lactam (4-membered cyclic amide) rings is 1. The third-order valence-electron chi connectivity index (χ3n) is 7.53. The maximum Gasteiger partial charge on any atom is 0.335 e. The van der Waals surface area contributed by atoms with Crippen molar-refractivity contribution >= 4 is 23.9 Å². The van der Waals surface area contributed by atoms with Gasteiger partial charge < -0.3 is 20.3 Å². The van der Waals surface area contributed by atoms with Gasteiger partial charge in [-0.2, -0.15) is 0 Å². The van der Waals surface area contributed by atoms with Crippen LogP contribution in [0.25, 0.3) is 0 Å². The Morgan fingerprint density at radius 2 is 1.68 bits per heavy atom. The molecule has 0 saturated carbocycles. The average molecular weight is 525 g/mol. The zero-order valence-electron chi connectivity index (χ0n) is 22.5. The molecule has 0 spiro atoms. The van der Waals surface area contributed by atoms with E-state index < -0.39 is 35.5 Å². The highest BCUT2D eigenvalue weighted by atomic mass is 16.5. The van der Waals surface area contributed by atoms with E-state index in [1.54, 1.807) is 0 Å². The van der Waals surface area contributed by atoms with E-state index in [0.29, 0.717) is 19.3 Å². The van der Waals surface area contributed by atoms with Crippen LogP contribution < -0.4 is 10.1 Å². The summed E-state index contributed by atoms with van der Waals surface area (Å²) in [5.41, 5.74) is 1.02. The van der Waals surface area contributed by atoms with Gasteiger partial charge in [0.05, 0.1) is 17.5 Å². The van der Waals surface area contributed by atoms with Crippen molar-refractivity contribution < 1.29 is 34.1 Å². The highest BCUT2D eigenvalue weighted by Gasteiger charge is 2.63. The largest absolute Gasteiger partial charge is 0.481 e. The van der Waals surface area contributed by atoms with Crippen LogP contribution in [0.2, 0.25) is 0 Å². The number of likely N-dealkylation sites (tertiary alicyclic amines) is 1. The molecule has 3 N–H and O–H groups in total. The predicted molar refractivity (Wildman–Crippen MR) is 141 cm³/mol. The summed E-state index contributed by atoms with van der Waals surface area (Å²) in [5, 5.41) is 22.0. The number of aliphatic carboxylic acids is 1. The van der Waals surface area contributed by atoms with Gasteiger partial charge in [0, 0.05) is 0 Å². The van der Waals surface area contributed by atoms with Crippen LogP contribution in [0, 0.1) is 12.3 Å². The maximum absolute atomic E-state index is 13.4. The Hall–Kier alpha value is -3.88. The number of hydrogen-bond donors (Lipinski definition) is 3. The van der Waals surface area contributed by atoms with Crippen LogP contribution in [-0.4, -0.2) is 45.2 Å². The van der Waals surface area contributed by atoms with Crippen molar-refractivity contribution in [2.75, 3.05) is 0 Å². The zero-order chi connectivity index (χ0) is 28.2. The summed E-state index contributed by atoms with van der Waals surface area (Å²) in [6.07, 6.45) is 1.43. The van der Waals surface area contributed by atoms with Crippen molar-refractivity contribution in [3.63, 3.8) is 0 Å². The van der Waals surface area contributed by atoms with Gasteiger partial charge in [-0.15, -0.1) is 0 Å². The number of amides is 3. The summed E-state index contributed by atoms with van der Waals surface area (Å²) in [4.78, 5) is 51.2. The van der Waals surface area contributed by atoms with Gasteiger partial charge in [0.1, 0.15) is 11.2 Å². The number of carboxylic acids is 2. The molecule has 3 amide bonds. The number of nitrogens with zero attached hydrogens (tertiary/aromatic N) is 1. The van der Waals surface area contributed by atoms with Crippen LogP contribution in [0.5, 0.6) is 5.75 Å². The molecular formula is C29H36N2O7. The molecule has 2 aromatic carbocycles. The fourth-order valence-corrected chi connectivity index (χ4v) is 4.96. The number of hydrogen-bond acceptors (Lipinski definition) is 5. The lowest BCUT2D eigenvalue weighted by molar-refractivity contribution is -0.191. The molecule has 3 atom stereocenters. The Morgan fingerprint density at radius 3 is 2.21 bits per heavy atom. The summed E-state index contributed by atoms with van der Waals surface area (Å²) in [6, 6.07) is 11.1. The number of benzene rings is 2. The molecule has 0 bridgehead atoms. The fourth-order valence-electron chi connectivity index (χ4n) is 4.96. The minimum absolute atomic E-state index is 0.0742. The third kappa shape index (κ3) is 5.37. The van der Waals surface area contributed by atoms with Gasteiger partial charge >= 0.3 is 18.0 Å². The molecule has 2 aromatic rings. The number of ether oxygens (including phenoxy) is 1. The Morgan fingerprint density at radius 1 is 1.05 bits per heavy atom. The monoisotopic (exact) mass is 524 g/mol. The summed E-state index contributed by atoms with van der Waals surface area (Å²) in [7, 11) is 0. The van der Waals surface area contributed by atoms with E-state index in [4.69, 9.17) is 4.74 Å². The molecule has 1 unspecified atom stereocenters. The van der Waals surface area contributed by atoms with Crippen molar-refractivity contribution in [2.24, 2.45) is 5.41 Å². The minimum atomic E-state index is -1.26. The number of carbonyl (C=O) groups excluding carboxylic acids is 2. The van der Waals surface area contributed by atoms with Crippen molar-refractivity contribution in [2.45, 2.75) is 78.5 Å². The van der Waals surface area contributed by atoms with Gasteiger partial charge in [0.2, 0.25) is 5.91 Å². The van der Waals surface area contributed by atoms with E-state index in [1.165, 1.54) is 25.1 Å². The lowest BCUT2D eigenvalue weighted by atomic mass is 9.72. The highest BCUT2D eigenvalue weighted by molar-refractivity contribution is 6.03. The molecule has 0 aliphatic carbocycles. The molecule has 38 heavy (non-hydrogen) atoms. The van der Waals surface area contributed by atoms with Gasteiger partial charge in [0.15, 0.2) is 6.23 Å². The molecule has 0 aromatic heterocycles. The molecule has 1 fully saturated rings. The van der Waals surface area contributed by atoms with Gasteiger partial charge in [-0.05, 0) is 62.4 Å². The third-order valence-corrected chi connectivity index (χ3v) is 7.53. The first-order chi connectivity index (χ1) is 18.0. The van der Waals surface area contributed by atoms with Crippen molar-refractivity contribution in [1.82, 2.24) is 10.2 Å². The summed E-state index contributed by atoms with van der Waals surface area (Å²) in [6.45, 7) is 9.10. The number of carboxylic acid groups (broad SMARTS) is 2. The number of nitrogens with one attached hydrogen (secondary N) is 1. The first-order valence-corrected chi connectivity index (χ1v) is 13.0. The number of carbonyl (C=O) groups is 4. The molecule has 1 aliphatic rings. The van der Waals surface area contributed by atoms with Crippen LogP contribution in [0.3, 0.4) is 0 Å². The fraction of sp³-hybridized carbons (Fsp3) is 0.448. The SMILES string of the molecule is CCC[C@@H](NC(=O)N1C(=O)C(CC)(CC)[C@@H]1Oc1ccc(C(=O)O)c(C(C)C(=O)O)c1)c1ccc(C)cc1. The van der Waals surface area contributed by atoms with Gasteiger partial charge in [0.25, 0.3) is 0 Å². The summed E-state index contributed by atoms with van der Waals surface area (Å²) >= 11 is 0. The van der Waals surface area contributed by atoms with E-state index in [2.05, 4.69) is 5.32 Å². The molecule has 9 heteroatoms. The Kier molecular flexibility index (Phi) is 8.81. The van der Waals surface area contributed by atoms with Crippen LogP contribution in [0.15, 0.2) is 42.5 Å². The summed E-state index contributed by atoms with van der Waals surface area (Å²) in [5.74, 6) is -3.69. The van der Waals surface area contributed by atoms with Crippen LogP contribution in [-0.2, 0) is 9.59 Å². The highest BCUT2D eigenvalue weighted by Crippen LogP contribution is 2.46. The van der Waals surface area contributed by atoms with Gasteiger partial charge in [-0.25, -0.2) is 14.5 Å². The standard InChI is InChI=1S/C29H36N2O7/c1-6-9-23(19-12-10-17(4)11-13-19)30-28(37)31-26(36)29(7-2,8-3)27(31)38-20-14-15-21(25(34)35)22(16-20)18(5)24(32)33/h10-16,18,23,27H,6-9H2,1-5H3,(H,30,37)(H,32,33)(H,34,35)/t18?,23-,27+/m1/s1. The number of urea groups is 1. The molecule has 1 heterocycles. The number of rotatable bonds is 11. The van der Waals surface area contributed by atoms with Crippen molar-refractivity contribution in [3.05, 3.63) is 64.7 Å². The Bertz CT molecular complexity index is 1200. The van der Waals surface area contributed by atoms with Crippen LogP contribution >= 0.6 is 0 Å². The first kappa shape index (κ1) is 28.7. The Labute approximate surface area is 222 Å². The average Bonchev–Trinajstić information content (AvgIpc) is 2.88. The van der Waals surface area contributed by atoms with E-state index >= 15 is 0 Å². The minimum Gasteiger partial charge on any atom is -0.481 e. The Balaban J connectivity index is 1.93.